The molecular weight excluding hydrogens is 289 g/mol. The van der Waals surface area contributed by atoms with Gasteiger partial charge in [-0.05, 0) is 55.3 Å². The number of hydrogen-bond acceptors (Lipinski definition) is 2. The second kappa shape index (κ2) is 5.04. The molecule has 0 aliphatic heterocycles. The summed E-state index contributed by atoms with van der Waals surface area (Å²) in [5.74, 6) is -0.429. The number of hydrogen-bond donors (Lipinski definition) is 1. The first-order valence-corrected chi connectivity index (χ1v) is 5.94. The highest BCUT2D eigenvalue weighted by molar-refractivity contribution is 9.10. The van der Waals surface area contributed by atoms with E-state index < -0.39 is 17.5 Å². The highest BCUT2D eigenvalue weighted by atomic mass is 79.9. The predicted octanol–water partition coefficient (Wildman–Crippen LogP) is 4.24. The van der Waals surface area contributed by atoms with E-state index in [1.54, 1.807) is 33.8 Å². The van der Waals surface area contributed by atoms with Gasteiger partial charge in [0.25, 0.3) is 0 Å². The number of carbonyl (C=O) groups is 1. The second-order valence-electron chi connectivity index (χ2n) is 4.68. The molecule has 1 N–H and O–H groups in total. The van der Waals surface area contributed by atoms with Gasteiger partial charge in [0.05, 0.1) is 10.2 Å². The lowest BCUT2D eigenvalue weighted by Gasteiger charge is -2.20. The number of ether oxygens (including phenoxy) is 1. The van der Waals surface area contributed by atoms with Gasteiger partial charge in [0, 0.05) is 0 Å². The van der Waals surface area contributed by atoms with Gasteiger partial charge in [0.15, 0.2) is 0 Å². The standard InChI is InChI=1S/C12H15BrFNO2/c1-7-5-6-8(14)9(13)10(7)15-11(16)17-12(2,3)4/h5-6H,1-4H3,(H,15,16). The Morgan fingerprint density at radius 3 is 2.53 bits per heavy atom. The maximum absolute atomic E-state index is 13.3. The van der Waals surface area contributed by atoms with Gasteiger partial charge in [-0.2, -0.15) is 0 Å². The molecule has 0 aliphatic carbocycles. The third-order valence-electron chi connectivity index (χ3n) is 1.93. The molecule has 0 aliphatic rings. The van der Waals surface area contributed by atoms with Crippen molar-refractivity contribution < 1.29 is 13.9 Å². The van der Waals surface area contributed by atoms with Gasteiger partial charge in [-0.25, -0.2) is 9.18 Å². The second-order valence-corrected chi connectivity index (χ2v) is 5.47. The number of benzene rings is 1. The molecule has 0 radical (unpaired) electrons. The molecule has 1 aromatic carbocycles. The minimum atomic E-state index is -0.605. The molecule has 1 rings (SSSR count). The van der Waals surface area contributed by atoms with Crippen LogP contribution in [-0.2, 0) is 4.74 Å². The normalized spacial score (nSPS) is 11.2. The lowest BCUT2D eigenvalue weighted by Crippen LogP contribution is -2.27. The summed E-state index contributed by atoms with van der Waals surface area (Å²) in [6.07, 6.45) is -0.605. The fourth-order valence-corrected chi connectivity index (χ4v) is 1.75. The molecule has 94 valence electrons. The predicted molar refractivity (Wildman–Crippen MR) is 68.7 cm³/mol. The lowest BCUT2D eigenvalue weighted by atomic mass is 10.2. The first-order valence-electron chi connectivity index (χ1n) is 5.15. The summed E-state index contributed by atoms with van der Waals surface area (Å²) >= 11 is 3.09. The third-order valence-corrected chi connectivity index (χ3v) is 2.70. The maximum Gasteiger partial charge on any atom is 0.412 e. The summed E-state index contributed by atoms with van der Waals surface area (Å²) in [5.41, 5.74) is 0.556. The average molecular weight is 304 g/mol. The van der Waals surface area contributed by atoms with Gasteiger partial charge in [0.2, 0.25) is 0 Å². The van der Waals surface area contributed by atoms with Crippen LogP contribution in [-0.4, -0.2) is 11.7 Å². The Morgan fingerprint density at radius 1 is 1.41 bits per heavy atom. The van der Waals surface area contributed by atoms with Crippen molar-refractivity contribution in [3.8, 4) is 0 Å². The van der Waals surface area contributed by atoms with Crippen molar-refractivity contribution in [1.29, 1.82) is 0 Å². The molecule has 3 nitrogen and oxygen atoms in total. The van der Waals surface area contributed by atoms with Crippen LogP contribution in [0.3, 0.4) is 0 Å². The van der Waals surface area contributed by atoms with Gasteiger partial charge < -0.3 is 4.74 Å². The van der Waals surface area contributed by atoms with Crippen molar-refractivity contribution in [2.45, 2.75) is 33.3 Å². The van der Waals surface area contributed by atoms with E-state index in [1.807, 2.05) is 0 Å². The summed E-state index contributed by atoms with van der Waals surface area (Å²) in [4.78, 5) is 11.6. The molecule has 1 aromatic rings. The third kappa shape index (κ3) is 4.00. The summed E-state index contributed by atoms with van der Waals surface area (Å²) in [6, 6.07) is 2.92. The van der Waals surface area contributed by atoms with Crippen LogP contribution in [0.15, 0.2) is 16.6 Å². The minimum Gasteiger partial charge on any atom is -0.444 e. The van der Waals surface area contributed by atoms with E-state index in [2.05, 4.69) is 21.2 Å². The molecule has 0 unspecified atom stereocenters. The SMILES string of the molecule is Cc1ccc(F)c(Br)c1NC(=O)OC(C)(C)C. The number of rotatable bonds is 1. The van der Waals surface area contributed by atoms with E-state index >= 15 is 0 Å². The molecule has 0 saturated carbocycles. The number of carbonyl (C=O) groups excluding carboxylic acids is 1. The molecule has 17 heavy (non-hydrogen) atoms. The Bertz CT molecular complexity index is 441. The highest BCUT2D eigenvalue weighted by Crippen LogP contribution is 2.29. The number of halogens is 2. The first-order chi connectivity index (χ1) is 7.70. The topological polar surface area (TPSA) is 38.3 Å². The number of amides is 1. The zero-order valence-corrected chi connectivity index (χ0v) is 11.8. The summed E-state index contributed by atoms with van der Waals surface area (Å²) < 4.78 is 18.6. The molecule has 0 bridgehead atoms. The van der Waals surface area contributed by atoms with E-state index in [-0.39, 0.29) is 4.47 Å². The van der Waals surface area contributed by atoms with E-state index in [4.69, 9.17) is 4.74 Å². The van der Waals surface area contributed by atoms with Gasteiger partial charge in [-0.1, -0.05) is 6.07 Å². The fraction of sp³-hybridized carbons (Fsp3) is 0.417. The quantitative estimate of drug-likeness (QED) is 0.842. The van der Waals surface area contributed by atoms with Gasteiger partial charge in [-0.3, -0.25) is 5.32 Å². The van der Waals surface area contributed by atoms with Crippen molar-refractivity contribution >= 4 is 27.7 Å². The molecule has 0 saturated heterocycles. The van der Waals surface area contributed by atoms with E-state index in [0.29, 0.717) is 5.69 Å². The van der Waals surface area contributed by atoms with E-state index in [0.717, 1.165) is 5.56 Å². The van der Waals surface area contributed by atoms with Crippen LogP contribution >= 0.6 is 15.9 Å². The molecule has 0 atom stereocenters. The van der Waals surface area contributed by atoms with Crippen LogP contribution in [0.25, 0.3) is 0 Å². The Labute approximate surface area is 108 Å². The average Bonchev–Trinajstić information content (AvgIpc) is 2.16. The Balaban J connectivity index is 2.89. The molecule has 5 heteroatoms. The number of nitrogens with one attached hydrogen (secondary N) is 1. The number of anilines is 1. The van der Waals surface area contributed by atoms with Crippen molar-refractivity contribution in [1.82, 2.24) is 0 Å². The van der Waals surface area contributed by atoms with Crippen molar-refractivity contribution in [2.24, 2.45) is 0 Å². The van der Waals surface area contributed by atoms with Crippen LogP contribution in [0.4, 0.5) is 14.9 Å². The number of aryl methyl sites for hydroxylation is 1. The summed E-state index contributed by atoms with van der Waals surface area (Å²) in [7, 11) is 0. The van der Waals surface area contributed by atoms with Crippen LogP contribution in [0, 0.1) is 12.7 Å². The summed E-state index contributed by atoms with van der Waals surface area (Å²) in [6.45, 7) is 7.07. The van der Waals surface area contributed by atoms with Gasteiger partial charge in [0.1, 0.15) is 11.4 Å². The smallest absolute Gasteiger partial charge is 0.412 e. The maximum atomic E-state index is 13.3. The zero-order valence-electron chi connectivity index (χ0n) is 10.2. The van der Waals surface area contributed by atoms with Crippen molar-refractivity contribution in [3.63, 3.8) is 0 Å². The van der Waals surface area contributed by atoms with Crippen molar-refractivity contribution in [3.05, 3.63) is 28.0 Å². The molecule has 0 heterocycles. The molecular formula is C12H15BrFNO2. The zero-order chi connectivity index (χ0) is 13.2. The fourth-order valence-electron chi connectivity index (χ4n) is 1.21. The van der Waals surface area contributed by atoms with Crippen LogP contribution in [0.5, 0.6) is 0 Å². The van der Waals surface area contributed by atoms with Crippen LogP contribution < -0.4 is 5.32 Å². The van der Waals surface area contributed by atoms with Gasteiger partial charge >= 0.3 is 6.09 Å². The molecule has 1 amide bonds. The highest BCUT2D eigenvalue weighted by Gasteiger charge is 2.18. The lowest BCUT2D eigenvalue weighted by molar-refractivity contribution is 0.0635. The van der Waals surface area contributed by atoms with Crippen LogP contribution in [0.1, 0.15) is 26.3 Å². The molecule has 0 aromatic heterocycles. The van der Waals surface area contributed by atoms with Crippen LogP contribution in [0.2, 0.25) is 0 Å². The largest absolute Gasteiger partial charge is 0.444 e. The van der Waals surface area contributed by atoms with E-state index in [1.165, 1.54) is 6.07 Å². The molecule has 0 spiro atoms. The monoisotopic (exact) mass is 303 g/mol. The Morgan fingerprint density at radius 2 is 2.00 bits per heavy atom. The Kier molecular flexibility index (Phi) is 4.14. The molecule has 0 fully saturated rings. The first kappa shape index (κ1) is 14.0. The minimum absolute atomic E-state index is 0.225. The Hall–Kier alpha value is -1.10. The van der Waals surface area contributed by atoms with E-state index in [9.17, 15) is 9.18 Å². The van der Waals surface area contributed by atoms with Gasteiger partial charge in [-0.15, -0.1) is 0 Å². The van der Waals surface area contributed by atoms with Crippen molar-refractivity contribution in [2.75, 3.05) is 5.32 Å². The summed E-state index contributed by atoms with van der Waals surface area (Å²) in [5, 5.41) is 2.53.